The summed E-state index contributed by atoms with van der Waals surface area (Å²) in [5, 5.41) is 5.49. The van der Waals surface area contributed by atoms with Crippen LogP contribution in [0.2, 0.25) is 0 Å². The Morgan fingerprint density at radius 1 is 0.935 bits per heavy atom. The lowest BCUT2D eigenvalue weighted by atomic mass is 10.1. The zero-order valence-electron chi connectivity index (χ0n) is 17.1. The standard InChI is InChI=1S/C24H23BrN2O4/c1-30-13-12-26-24(29)19-8-5-9-20(14-19)27-23(28)16-31-22-11-10-18(15-21(22)25)17-6-3-2-4-7-17/h2-11,14-15H,12-13,16H2,1H3,(H,26,29)(H,27,28). The van der Waals surface area contributed by atoms with Crippen LogP contribution < -0.4 is 15.4 Å². The lowest BCUT2D eigenvalue weighted by molar-refractivity contribution is -0.118. The summed E-state index contributed by atoms with van der Waals surface area (Å²) in [5.41, 5.74) is 3.11. The average Bonchev–Trinajstić information content (AvgIpc) is 2.79. The van der Waals surface area contributed by atoms with Gasteiger partial charge in [0.15, 0.2) is 6.61 Å². The van der Waals surface area contributed by atoms with Gasteiger partial charge in [0.05, 0.1) is 11.1 Å². The van der Waals surface area contributed by atoms with Crippen molar-refractivity contribution in [2.24, 2.45) is 0 Å². The number of amides is 2. The highest BCUT2D eigenvalue weighted by molar-refractivity contribution is 9.10. The van der Waals surface area contributed by atoms with Gasteiger partial charge in [-0.05, 0) is 57.4 Å². The molecule has 0 fully saturated rings. The molecule has 2 N–H and O–H groups in total. The minimum atomic E-state index is -0.323. The van der Waals surface area contributed by atoms with Crippen LogP contribution in [0, 0.1) is 0 Å². The third-order valence-corrected chi connectivity index (χ3v) is 5.02. The fourth-order valence-corrected chi connectivity index (χ4v) is 3.37. The lowest BCUT2D eigenvalue weighted by Gasteiger charge is -2.11. The molecule has 0 saturated heterocycles. The van der Waals surface area contributed by atoms with E-state index in [0.29, 0.717) is 30.2 Å². The fourth-order valence-electron chi connectivity index (χ4n) is 2.88. The Kier molecular flexibility index (Phi) is 8.20. The van der Waals surface area contributed by atoms with Crippen molar-refractivity contribution in [3.63, 3.8) is 0 Å². The van der Waals surface area contributed by atoms with Crippen LogP contribution in [0.3, 0.4) is 0 Å². The number of rotatable bonds is 9. The van der Waals surface area contributed by atoms with Crippen LogP contribution in [-0.2, 0) is 9.53 Å². The molecule has 7 heteroatoms. The molecular formula is C24H23BrN2O4. The van der Waals surface area contributed by atoms with Crippen molar-refractivity contribution in [1.82, 2.24) is 5.32 Å². The quantitative estimate of drug-likeness (QED) is 0.440. The van der Waals surface area contributed by atoms with Gasteiger partial charge in [-0.2, -0.15) is 0 Å². The second kappa shape index (κ2) is 11.3. The molecule has 0 bridgehead atoms. The number of ether oxygens (including phenoxy) is 2. The van der Waals surface area contributed by atoms with Gasteiger partial charge < -0.3 is 20.1 Å². The maximum Gasteiger partial charge on any atom is 0.262 e. The van der Waals surface area contributed by atoms with Gasteiger partial charge in [0, 0.05) is 24.9 Å². The zero-order valence-corrected chi connectivity index (χ0v) is 18.6. The van der Waals surface area contributed by atoms with E-state index >= 15 is 0 Å². The first-order chi connectivity index (χ1) is 15.1. The number of carbonyl (C=O) groups is 2. The smallest absolute Gasteiger partial charge is 0.262 e. The highest BCUT2D eigenvalue weighted by Crippen LogP contribution is 2.30. The normalized spacial score (nSPS) is 10.4. The molecule has 0 aliphatic carbocycles. The summed E-state index contributed by atoms with van der Waals surface area (Å²) in [4.78, 5) is 24.4. The minimum absolute atomic E-state index is 0.159. The summed E-state index contributed by atoms with van der Waals surface area (Å²) in [6.45, 7) is 0.687. The number of hydrogen-bond acceptors (Lipinski definition) is 4. The Bertz CT molecular complexity index is 1040. The third kappa shape index (κ3) is 6.67. The van der Waals surface area contributed by atoms with Crippen LogP contribution >= 0.6 is 15.9 Å². The summed E-state index contributed by atoms with van der Waals surface area (Å²) < 4.78 is 11.3. The Balaban J connectivity index is 1.56. The van der Waals surface area contributed by atoms with Crippen molar-refractivity contribution < 1.29 is 19.1 Å². The number of anilines is 1. The van der Waals surface area contributed by atoms with E-state index in [1.165, 1.54) is 0 Å². The Morgan fingerprint density at radius 3 is 2.48 bits per heavy atom. The van der Waals surface area contributed by atoms with Crippen molar-refractivity contribution in [3.8, 4) is 16.9 Å². The van der Waals surface area contributed by atoms with Gasteiger partial charge in [0.2, 0.25) is 0 Å². The highest BCUT2D eigenvalue weighted by atomic mass is 79.9. The second-order valence-electron chi connectivity index (χ2n) is 6.68. The molecule has 160 valence electrons. The molecule has 6 nitrogen and oxygen atoms in total. The van der Waals surface area contributed by atoms with Gasteiger partial charge in [-0.15, -0.1) is 0 Å². The number of benzene rings is 3. The van der Waals surface area contributed by atoms with E-state index in [9.17, 15) is 9.59 Å². The zero-order chi connectivity index (χ0) is 22.1. The van der Waals surface area contributed by atoms with Gasteiger partial charge >= 0.3 is 0 Å². The Labute approximate surface area is 189 Å². The van der Waals surface area contributed by atoms with E-state index in [-0.39, 0.29) is 18.4 Å². The molecule has 0 unspecified atom stereocenters. The SMILES string of the molecule is COCCNC(=O)c1cccc(NC(=O)COc2ccc(-c3ccccc3)cc2Br)c1. The molecule has 3 aromatic carbocycles. The molecule has 0 atom stereocenters. The summed E-state index contributed by atoms with van der Waals surface area (Å²) in [5.74, 6) is 0.0175. The Morgan fingerprint density at radius 2 is 1.74 bits per heavy atom. The summed E-state index contributed by atoms with van der Waals surface area (Å²) >= 11 is 3.50. The molecule has 3 rings (SSSR count). The number of nitrogens with one attached hydrogen (secondary N) is 2. The van der Waals surface area contributed by atoms with Gasteiger partial charge in [0.1, 0.15) is 5.75 Å². The number of carbonyl (C=O) groups excluding carboxylic acids is 2. The molecule has 0 saturated carbocycles. The van der Waals surface area contributed by atoms with Gasteiger partial charge in [-0.25, -0.2) is 0 Å². The number of hydrogen-bond donors (Lipinski definition) is 2. The lowest BCUT2D eigenvalue weighted by Crippen LogP contribution is -2.27. The monoisotopic (exact) mass is 482 g/mol. The van der Waals surface area contributed by atoms with Crippen LogP contribution in [0.5, 0.6) is 5.75 Å². The van der Waals surface area contributed by atoms with Crippen LogP contribution in [-0.4, -0.2) is 38.7 Å². The average molecular weight is 483 g/mol. The molecule has 0 radical (unpaired) electrons. The topological polar surface area (TPSA) is 76.7 Å². The van der Waals surface area contributed by atoms with E-state index in [4.69, 9.17) is 9.47 Å². The second-order valence-corrected chi connectivity index (χ2v) is 7.53. The fraction of sp³-hybridized carbons (Fsp3) is 0.167. The van der Waals surface area contributed by atoms with Crippen LogP contribution in [0.4, 0.5) is 5.69 Å². The van der Waals surface area contributed by atoms with Crippen molar-refractivity contribution in [3.05, 3.63) is 82.8 Å². The minimum Gasteiger partial charge on any atom is -0.483 e. The molecule has 3 aromatic rings. The summed E-state index contributed by atoms with van der Waals surface area (Å²) in [6, 6.07) is 22.4. The number of halogens is 1. The maximum atomic E-state index is 12.3. The Hall–Kier alpha value is -3.16. The third-order valence-electron chi connectivity index (χ3n) is 4.40. The van der Waals surface area contributed by atoms with Crippen molar-refractivity contribution in [2.75, 3.05) is 32.2 Å². The predicted octanol–water partition coefficient (Wildman–Crippen LogP) is 4.51. The first-order valence-electron chi connectivity index (χ1n) is 9.71. The summed E-state index contributed by atoms with van der Waals surface area (Å²) in [6.07, 6.45) is 0. The molecule has 2 amide bonds. The highest BCUT2D eigenvalue weighted by Gasteiger charge is 2.10. The van der Waals surface area contributed by atoms with Crippen molar-refractivity contribution in [2.45, 2.75) is 0 Å². The molecule has 0 spiro atoms. The van der Waals surface area contributed by atoms with Crippen molar-refractivity contribution in [1.29, 1.82) is 0 Å². The summed E-state index contributed by atoms with van der Waals surface area (Å²) in [7, 11) is 1.57. The number of methoxy groups -OCH3 is 1. The van der Waals surface area contributed by atoms with E-state index in [0.717, 1.165) is 15.6 Å². The van der Waals surface area contributed by atoms with E-state index in [2.05, 4.69) is 26.6 Å². The molecule has 0 aromatic heterocycles. The molecule has 31 heavy (non-hydrogen) atoms. The molecule has 0 aliphatic rings. The van der Waals surface area contributed by atoms with Gasteiger partial charge in [-0.3, -0.25) is 9.59 Å². The van der Waals surface area contributed by atoms with Crippen LogP contribution in [0.1, 0.15) is 10.4 Å². The maximum absolute atomic E-state index is 12.3. The van der Waals surface area contributed by atoms with Crippen LogP contribution in [0.15, 0.2) is 77.3 Å². The van der Waals surface area contributed by atoms with Crippen LogP contribution in [0.25, 0.3) is 11.1 Å². The van der Waals surface area contributed by atoms with Gasteiger partial charge in [0.25, 0.3) is 11.8 Å². The largest absolute Gasteiger partial charge is 0.483 e. The molecule has 0 aliphatic heterocycles. The van der Waals surface area contributed by atoms with Gasteiger partial charge in [-0.1, -0.05) is 42.5 Å². The van der Waals surface area contributed by atoms with E-state index in [1.54, 1.807) is 31.4 Å². The molecular weight excluding hydrogens is 460 g/mol. The first-order valence-corrected chi connectivity index (χ1v) is 10.5. The predicted molar refractivity (Wildman–Crippen MR) is 124 cm³/mol. The van der Waals surface area contributed by atoms with E-state index in [1.807, 2.05) is 48.5 Å². The van der Waals surface area contributed by atoms with E-state index < -0.39 is 0 Å². The van der Waals surface area contributed by atoms with Crippen molar-refractivity contribution >= 4 is 33.4 Å². The molecule has 0 heterocycles. The first kappa shape index (κ1) is 22.5.